The van der Waals surface area contributed by atoms with Crippen molar-refractivity contribution in [1.29, 1.82) is 0 Å². The largest absolute Gasteiger partial charge is 0.491 e. The monoisotopic (exact) mass is 292 g/mol. The van der Waals surface area contributed by atoms with Crippen molar-refractivity contribution in [2.24, 2.45) is 5.92 Å². The average Bonchev–Trinajstić information content (AvgIpc) is 3.13. The summed E-state index contributed by atoms with van der Waals surface area (Å²) in [5.41, 5.74) is 7.52. The fourth-order valence-corrected chi connectivity index (χ4v) is 2.13. The molecule has 1 aliphatic rings. The normalized spacial score (nSPS) is 15.1. The highest BCUT2D eigenvalue weighted by Gasteiger charge is 2.22. The lowest BCUT2D eigenvalue weighted by atomic mass is 10.1. The highest BCUT2D eigenvalue weighted by Crippen LogP contribution is 2.33. The summed E-state index contributed by atoms with van der Waals surface area (Å²) in [7, 11) is 0. The lowest BCUT2D eigenvalue weighted by Gasteiger charge is -2.09. The zero-order chi connectivity index (χ0) is 11.8. The van der Waals surface area contributed by atoms with E-state index >= 15 is 0 Å². The van der Waals surface area contributed by atoms with E-state index in [1.807, 2.05) is 18.2 Å². The Morgan fingerprint density at radius 2 is 2.24 bits per heavy atom. The molecule has 0 saturated heterocycles. The maximum atomic E-state index is 5.95. The Bertz CT molecular complexity index is 567. The third kappa shape index (κ3) is 2.22. The number of rotatable bonds is 3. The van der Waals surface area contributed by atoms with Gasteiger partial charge in [0.25, 0.3) is 0 Å². The van der Waals surface area contributed by atoms with Crippen molar-refractivity contribution in [3.05, 3.63) is 28.9 Å². The van der Waals surface area contributed by atoms with Gasteiger partial charge in [-0.25, -0.2) is 0 Å². The number of aromatic nitrogens is 1. The van der Waals surface area contributed by atoms with Gasteiger partial charge in [0, 0.05) is 21.7 Å². The number of benzene rings is 1. The summed E-state index contributed by atoms with van der Waals surface area (Å²) in [5.74, 6) is 1.56. The fraction of sp³-hybridized carbons (Fsp3) is 0.308. The van der Waals surface area contributed by atoms with E-state index in [0.29, 0.717) is 0 Å². The van der Waals surface area contributed by atoms with Crippen LogP contribution in [0.4, 0.5) is 5.69 Å². The molecule has 0 unspecified atom stereocenters. The van der Waals surface area contributed by atoms with Gasteiger partial charge in [0.1, 0.15) is 11.3 Å². The molecule has 1 fully saturated rings. The number of halogens is 1. The van der Waals surface area contributed by atoms with Crippen LogP contribution in [0.5, 0.6) is 5.75 Å². The third-order valence-corrected chi connectivity index (χ3v) is 3.42. The van der Waals surface area contributed by atoms with Crippen LogP contribution in [-0.4, -0.2) is 11.6 Å². The first kappa shape index (κ1) is 10.8. The molecule has 17 heavy (non-hydrogen) atoms. The molecule has 1 aromatic heterocycles. The minimum Gasteiger partial charge on any atom is -0.491 e. The standard InChI is InChI=1S/C13H13BrN2O/c14-9-5-10-11(15)3-4-12(13(10)16-6-9)17-7-8-1-2-8/h3-6,8H,1-2,7,15H2. The second-order valence-corrected chi connectivity index (χ2v) is 5.37. The summed E-state index contributed by atoms with van der Waals surface area (Å²) in [6.07, 6.45) is 4.34. The second kappa shape index (κ2) is 4.18. The molecule has 4 heteroatoms. The van der Waals surface area contributed by atoms with Crippen molar-refractivity contribution in [1.82, 2.24) is 4.98 Å². The minimum absolute atomic E-state index is 0.729. The van der Waals surface area contributed by atoms with Crippen LogP contribution in [-0.2, 0) is 0 Å². The van der Waals surface area contributed by atoms with Gasteiger partial charge in [-0.1, -0.05) is 0 Å². The van der Waals surface area contributed by atoms with Gasteiger partial charge in [-0.3, -0.25) is 4.98 Å². The predicted octanol–water partition coefficient (Wildman–Crippen LogP) is 3.37. The van der Waals surface area contributed by atoms with Crippen molar-refractivity contribution in [2.45, 2.75) is 12.8 Å². The average molecular weight is 293 g/mol. The number of hydrogen-bond acceptors (Lipinski definition) is 3. The SMILES string of the molecule is Nc1ccc(OCC2CC2)c2ncc(Br)cc12. The van der Waals surface area contributed by atoms with Crippen molar-refractivity contribution in [2.75, 3.05) is 12.3 Å². The maximum Gasteiger partial charge on any atom is 0.145 e. The molecular weight excluding hydrogens is 280 g/mol. The zero-order valence-corrected chi connectivity index (χ0v) is 10.9. The third-order valence-electron chi connectivity index (χ3n) is 2.98. The molecule has 1 aromatic carbocycles. The van der Waals surface area contributed by atoms with E-state index in [1.54, 1.807) is 6.20 Å². The molecule has 0 radical (unpaired) electrons. The van der Waals surface area contributed by atoms with Crippen molar-refractivity contribution < 1.29 is 4.74 Å². The summed E-state index contributed by atoms with van der Waals surface area (Å²) in [6.45, 7) is 0.788. The smallest absolute Gasteiger partial charge is 0.145 e. The van der Waals surface area contributed by atoms with Crippen LogP contribution in [0.1, 0.15) is 12.8 Å². The summed E-state index contributed by atoms with van der Waals surface area (Å²) in [4.78, 5) is 4.39. The van der Waals surface area contributed by atoms with Gasteiger partial charge < -0.3 is 10.5 Å². The summed E-state index contributed by atoms with van der Waals surface area (Å²) in [6, 6.07) is 5.75. The minimum atomic E-state index is 0.729. The van der Waals surface area contributed by atoms with Gasteiger partial charge >= 0.3 is 0 Å². The number of nitrogen functional groups attached to an aromatic ring is 1. The van der Waals surface area contributed by atoms with Crippen LogP contribution < -0.4 is 10.5 Å². The Hall–Kier alpha value is -1.29. The van der Waals surface area contributed by atoms with Crippen molar-refractivity contribution in [3.63, 3.8) is 0 Å². The van der Waals surface area contributed by atoms with Crippen LogP contribution in [0.25, 0.3) is 10.9 Å². The number of fused-ring (bicyclic) bond motifs is 1. The Morgan fingerprint density at radius 3 is 3.00 bits per heavy atom. The van der Waals surface area contributed by atoms with Gasteiger partial charge in [0.05, 0.1) is 6.61 Å². The fourth-order valence-electron chi connectivity index (χ4n) is 1.80. The van der Waals surface area contributed by atoms with Gasteiger partial charge in [-0.2, -0.15) is 0 Å². The van der Waals surface area contributed by atoms with E-state index in [4.69, 9.17) is 10.5 Å². The van der Waals surface area contributed by atoms with Gasteiger partial charge in [0.15, 0.2) is 0 Å². The molecule has 88 valence electrons. The molecule has 0 aliphatic heterocycles. The van der Waals surface area contributed by atoms with E-state index in [2.05, 4.69) is 20.9 Å². The van der Waals surface area contributed by atoms with Crippen molar-refractivity contribution >= 4 is 32.5 Å². The molecule has 3 rings (SSSR count). The van der Waals surface area contributed by atoms with Crippen LogP contribution in [0.2, 0.25) is 0 Å². The zero-order valence-electron chi connectivity index (χ0n) is 9.32. The quantitative estimate of drug-likeness (QED) is 0.883. The van der Waals surface area contributed by atoms with Gasteiger partial charge in [-0.05, 0) is 52.9 Å². The second-order valence-electron chi connectivity index (χ2n) is 4.46. The molecule has 0 amide bonds. The van der Waals surface area contributed by atoms with Gasteiger partial charge in [0.2, 0.25) is 0 Å². The highest BCUT2D eigenvalue weighted by molar-refractivity contribution is 9.10. The van der Waals surface area contributed by atoms with E-state index in [-0.39, 0.29) is 0 Å². The highest BCUT2D eigenvalue weighted by atomic mass is 79.9. The number of nitrogens with zero attached hydrogens (tertiary/aromatic N) is 1. The van der Waals surface area contributed by atoms with Crippen molar-refractivity contribution in [3.8, 4) is 5.75 Å². The number of anilines is 1. The van der Waals surface area contributed by atoms with Crippen LogP contribution in [0.15, 0.2) is 28.9 Å². The molecule has 0 bridgehead atoms. The molecule has 1 saturated carbocycles. The number of hydrogen-bond donors (Lipinski definition) is 1. The van der Waals surface area contributed by atoms with E-state index in [1.165, 1.54) is 12.8 Å². The maximum absolute atomic E-state index is 5.95. The first-order valence-corrected chi connectivity index (χ1v) is 6.50. The van der Waals surface area contributed by atoms with Gasteiger partial charge in [-0.15, -0.1) is 0 Å². The molecule has 3 nitrogen and oxygen atoms in total. The lowest BCUT2D eigenvalue weighted by Crippen LogP contribution is -2.01. The van der Waals surface area contributed by atoms with E-state index in [0.717, 1.165) is 39.3 Å². The topological polar surface area (TPSA) is 48.1 Å². The Labute approximate surface area is 108 Å². The number of ether oxygens (including phenoxy) is 1. The summed E-state index contributed by atoms with van der Waals surface area (Å²) < 4.78 is 6.73. The van der Waals surface area contributed by atoms with Crippen LogP contribution in [0, 0.1) is 5.92 Å². The Balaban J connectivity index is 2.02. The Kier molecular flexibility index (Phi) is 2.67. The number of pyridine rings is 1. The molecule has 1 aliphatic carbocycles. The molecule has 2 N–H and O–H groups in total. The first-order valence-electron chi connectivity index (χ1n) is 5.70. The summed E-state index contributed by atoms with van der Waals surface area (Å²) in [5, 5.41) is 0.938. The number of nitrogens with two attached hydrogens (primary N) is 1. The lowest BCUT2D eigenvalue weighted by molar-refractivity contribution is 0.303. The van der Waals surface area contributed by atoms with E-state index < -0.39 is 0 Å². The van der Waals surface area contributed by atoms with E-state index in [9.17, 15) is 0 Å². The molecule has 1 heterocycles. The summed E-state index contributed by atoms with van der Waals surface area (Å²) >= 11 is 3.40. The van der Waals surface area contributed by atoms with Crippen LogP contribution >= 0.6 is 15.9 Å². The molecule has 0 spiro atoms. The molecular formula is C13H13BrN2O. The molecule has 2 aromatic rings. The Morgan fingerprint density at radius 1 is 1.41 bits per heavy atom. The predicted molar refractivity (Wildman–Crippen MR) is 72.1 cm³/mol. The van der Waals surface area contributed by atoms with Crippen LogP contribution in [0.3, 0.4) is 0 Å². The first-order chi connectivity index (χ1) is 8.24. The molecule has 0 atom stereocenters.